The van der Waals surface area contributed by atoms with Crippen LogP contribution in [-0.4, -0.2) is 44.7 Å². The Morgan fingerprint density at radius 2 is 1.86 bits per heavy atom. The lowest BCUT2D eigenvalue weighted by molar-refractivity contribution is -0.122. The number of nitrogens with zero attached hydrogens (tertiary/aromatic N) is 1. The summed E-state index contributed by atoms with van der Waals surface area (Å²) in [7, 11) is 3.30. The second kappa shape index (κ2) is 10.6. The average molecular weight is 392 g/mol. The summed E-state index contributed by atoms with van der Waals surface area (Å²) in [6.45, 7) is -0.141. The van der Waals surface area contributed by atoms with Crippen molar-refractivity contribution in [3.8, 4) is 11.5 Å². The molecular formula is C21H26F2N2O3. The van der Waals surface area contributed by atoms with Crippen molar-refractivity contribution in [2.24, 2.45) is 0 Å². The van der Waals surface area contributed by atoms with Crippen LogP contribution in [0.25, 0.3) is 0 Å². The number of amides is 1. The molecule has 152 valence electrons. The minimum absolute atomic E-state index is 0.0122. The van der Waals surface area contributed by atoms with Crippen molar-refractivity contribution < 1.29 is 23.0 Å². The molecule has 2 rings (SSSR count). The van der Waals surface area contributed by atoms with Crippen LogP contribution in [0.1, 0.15) is 24.1 Å². The van der Waals surface area contributed by atoms with Gasteiger partial charge in [0.05, 0.1) is 13.7 Å². The Hall–Kier alpha value is -2.67. The second-order valence-corrected chi connectivity index (χ2v) is 6.47. The molecule has 7 heteroatoms. The SMILES string of the molecule is COc1cc(CCNC(=O)CN(C)[C@H](C)c2ccccc2)ccc1OC(F)F. The van der Waals surface area contributed by atoms with E-state index >= 15 is 0 Å². The van der Waals surface area contributed by atoms with Gasteiger partial charge in [0.15, 0.2) is 11.5 Å². The number of methoxy groups -OCH3 is 1. The summed E-state index contributed by atoms with van der Waals surface area (Å²) >= 11 is 0. The van der Waals surface area contributed by atoms with E-state index in [1.54, 1.807) is 12.1 Å². The predicted octanol–water partition coefficient (Wildman–Crippen LogP) is 3.65. The fourth-order valence-electron chi connectivity index (χ4n) is 2.81. The predicted molar refractivity (Wildman–Crippen MR) is 104 cm³/mol. The van der Waals surface area contributed by atoms with Gasteiger partial charge in [0.25, 0.3) is 0 Å². The average Bonchev–Trinajstić information content (AvgIpc) is 2.68. The van der Waals surface area contributed by atoms with Gasteiger partial charge in [0.2, 0.25) is 5.91 Å². The van der Waals surface area contributed by atoms with Crippen molar-refractivity contribution in [1.82, 2.24) is 10.2 Å². The van der Waals surface area contributed by atoms with Crippen molar-refractivity contribution in [2.45, 2.75) is 26.0 Å². The van der Waals surface area contributed by atoms with E-state index in [2.05, 4.69) is 17.0 Å². The van der Waals surface area contributed by atoms with E-state index in [9.17, 15) is 13.6 Å². The molecule has 0 fully saturated rings. The monoisotopic (exact) mass is 392 g/mol. The molecule has 0 bridgehead atoms. The topological polar surface area (TPSA) is 50.8 Å². The lowest BCUT2D eigenvalue weighted by Crippen LogP contribution is -2.37. The zero-order valence-corrected chi connectivity index (χ0v) is 16.3. The summed E-state index contributed by atoms with van der Waals surface area (Å²) in [5.41, 5.74) is 2.00. The summed E-state index contributed by atoms with van der Waals surface area (Å²) < 4.78 is 34.2. The van der Waals surface area contributed by atoms with Crippen LogP contribution >= 0.6 is 0 Å². The number of carbonyl (C=O) groups excluding carboxylic acids is 1. The quantitative estimate of drug-likeness (QED) is 0.671. The zero-order valence-electron chi connectivity index (χ0n) is 16.3. The molecule has 0 heterocycles. The second-order valence-electron chi connectivity index (χ2n) is 6.47. The summed E-state index contributed by atoms with van der Waals surface area (Å²) in [6, 6.07) is 14.9. The Kier molecular flexibility index (Phi) is 8.19. The molecule has 0 radical (unpaired) electrons. The van der Waals surface area contributed by atoms with Gasteiger partial charge in [-0.2, -0.15) is 8.78 Å². The normalized spacial score (nSPS) is 12.1. The highest BCUT2D eigenvalue weighted by Gasteiger charge is 2.15. The first-order valence-electron chi connectivity index (χ1n) is 9.04. The molecule has 0 aliphatic carbocycles. The smallest absolute Gasteiger partial charge is 0.387 e. The van der Waals surface area contributed by atoms with Gasteiger partial charge in [-0.15, -0.1) is 0 Å². The van der Waals surface area contributed by atoms with Gasteiger partial charge in [0.1, 0.15) is 0 Å². The van der Waals surface area contributed by atoms with E-state index in [0.717, 1.165) is 11.1 Å². The fourth-order valence-corrected chi connectivity index (χ4v) is 2.81. The lowest BCUT2D eigenvalue weighted by Gasteiger charge is -2.24. The van der Waals surface area contributed by atoms with E-state index in [1.807, 2.05) is 42.3 Å². The number of rotatable bonds is 10. The Morgan fingerprint density at radius 1 is 1.14 bits per heavy atom. The third kappa shape index (κ3) is 6.49. The summed E-state index contributed by atoms with van der Waals surface area (Å²) in [6.07, 6.45) is 0.551. The van der Waals surface area contributed by atoms with E-state index in [1.165, 1.54) is 13.2 Å². The molecule has 28 heavy (non-hydrogen) atoms. The maximum absolute atomic E-state index is 12.4. The number of likely N-dealkylation sites (N-methyl/N-ethyl adjacent to an activating group) is 1. The van der Waals surface area contributed by atoms with Crippen molar-refractivity contribution in [2.75, 3.05) is 27.2 Å². The molecule has 0 aromatic heterocycles. The van der Waals surface area contributed by atoms with Crippen LogP contribution in [-0.2, 0) is 11.2 Å². The zero-order chi connectivity index (χ0) is 20.5. The molecule has 2 aromatic carbocycles. The molecule has 0 aliphatic rings. The molecule has 2 aromatic rings. The van der Waals surface area contributed by atoms with Crippen molar-refractivity contribution in [1.29, 1.82) is 0 Å². The number of ether oxygens (including phenoxy) is 2. The fraction of sp³-hybridized carbons (Fsp3) is 0.381. The summed E-state index contributed by atoms with van der Waals surface area (Å²) in [5.74, 6) is 0.150. The lowest BCUT2D eigenvalue weighted by atomic mass is 10.1. The standard InChI is InChI=1S/C21H26F2N2O3/c1-15(17-7-5-4-6-8-17)25(2)14-20(26)24-12-11-16-9-10-18(28-21(22)23)19(13-16)27-3/h4-10,13,15,21H,11-12,14H2,1-3H3,(H,24,26)/t15-/m1/s1. The van der Waals surface area contributed by atoms with Crippen LogP contribution in [0.15, 0.2) is 48.5 Å². The molecule has 1 amide bonds. The summed E-state index contributed by atoms with van der Waals surface area (Å²) in [5, 5.41) is 2.88. The van der Waals surface area contributed by atoms with Crippen LogP contribution in [0.4, 0.5) is 8.78 Å². The van der Waals surface area contributed by atoms with Gasteiger partial charge < -0.3 is 14.8 Å². The van der Waals surface area contributed by atoms with Crippen LogP contribution in [0, 0.1) is 0 Å². The van der Waals surface area contributed by atoms with Gasteiger partial charge in [0, 0.05) is 12.6 Å². The van der Waals surface area contributed by atoms with Crippen LogP contribution in [0.2, 0.25) is 0 Å². The van der Waals surface area contributed by atoms with Crippen LogP contribution < -0.4 is 14.8 Å². The molecule has 5 nitrogen and oxygen atoms in total. The highest BCUT2D eigenvalue weighted by Crippen LogP contribution is 2.29. The third-order valence-electron chi connectivity index (χ3n) is 4.52. The molecule has 0 saturated heterocycles. The first-order valence-corrected chi connectivity index (χ1v) is 9.04. The number of halogens is 2. The number of hydrogen-bond acceptors (Lipinski definition) is 4. The molecule has 1 N–H and O–H groups in total. The van der Waals surface area contributed by atoms with Crippen LogP contribution in [0.5, 0.6) is 11.5 Å². The minimum atomic E-state index is -2.91. The van der Waals surface area contributed by atoms with Gasteiger partial charge in [-0.1, -0.05) is 36.4 Å². The molecular weight excluding hydrogens is 366 g/mol. The Bertz CT molecular complexity index is 757. The van der Waals surface area contributed by atoms with Crippen molar-refractivity contribution in [3.63, 3.8) is 0 Å². The van der Waals surface area contributed by atoms with Gasteiger partial charge in [-0.05, 0) is 43.7 Å². The highest BCUT2D eigenvalue weighted by atomic mass is 19.3. The van der Waals surface area contributed by atoms with Gasteiger partial charge in [-0.25, -0.2) is 0 Å². The Balaban J connectivity index is 1.81. The van der Waals surface area contributed by atoms with Gasteiger partial charge in [-0.3, -0.25) is 9.69 Å². The van der Waals surface area contributed by atoms with E-state index in [0.29, 0.717) is 13.0 Å². The minimum Gasteiger partial charge on any atom is -0.493 e. The Labute approximate surface area is 164 Å². The highest BCUT2D eigenvalue weighted by molar-refractivity contribution is 5.78. The number of alkyl halides is 2. The number of hydrogen-bond donors (Lipinski definition) is 1. The number of carbonyl (C=O) groups is 1. The van der Waals surface area contributed by atoms with E-state index in [4.69, 9.17) is 4.74 Å². The molecule has 0 unspecified atom stereocenters. The van der Waals surface area contributed by atoms with E-state index in [-0.39, 0.29) is 30.0 Å². The van der Waals surface area contributed by atoms with E-state index < -0.39 is 6.61 Å². The van der Waals surface area contributed by atoms with Crippen molar-refractivity contribution in [3.05, 3.63) is 59.7 Å². The molecule has 0 spiro atoms. The molecule has 0 saturated carbocycles. The Morgan fingerprint density at radius 3 is 2.50 bits per heavy atom. The molecule has 0 aliphatic heterocycles. The first-order chi connectivity index (χ1) is 13.4. The first kappa shape index (κ1) is 21.6. The maximum atomic E-state index is 12.4. The number of benzene rings is 2. The third-order valence-corrected chi connectivity index (χ3v) is 4.52. The van der Waals surface area contributed by atoms with Crippen molar-refractivity contribution >= 4 is 5.91 Å². The van der Waals surface area contributed by atoms with Crippen LogP contribution in [0.3, 0.4) is 0 Å². The molecule has 1 atom stereocenters. The number of nitrogens with one attached hydrogen (secondary N) is 1. The van der Waals surface area contributed by atoms with Gasteiger partial charge >= 0.3 is 6.61 Å². The largest absolute Gasteiger partial charge is 0.493 e. The maximum Gasteiger partial charge on any atom is 0.387 e. The summed E-state index contributed by atoms with van der Waals surface area (Å²) in [4.78, 5) is 14.2.